The Morgan fingerprint density at radius 1 is 1.11 bits per heavy atom. The average Bonchev–Trinajstić information content (AvgIpc) is 2.67. The van der Waals surface area contributed by atoms with Gasteiger partial charge in [-0.15, -0.1) is 0 Å². The number of para-hydroxylation sites is 1. The smallest absolute Gasteiger partial charge is 0.372 e. The van der Waals surface area contributed by atoms with E-state index in [1.807, 2.05) is 30.3 Å². The summed E-state index contributed by atoms with van der Waals surface area (Å²) in [6.45, 7) is 1.33. The summed E-state index contributed by atoms with van der Waals surface area (Å²) < 4.78 is 43.6. The summed E-state index contributed by atoms with van der Waals surface area (Å²) in [5.74, 6) is 0. The molecular weight excluding hydrogens is 357 g/mol. The largest absolute Gasteiger partial charge is 0.416 e. The van der Waals surface area contributed by atoms with Crippen LogP contribution in [-0.2, 0) is 17.5 Å². The third-order valence-electron chi connectivity index (χ3n) is 4.46. The number of rotatable bonds is 4. The van der Waals surface area contributed by atoms with Crippen LogP contribution in [0.5, 0.6) is 0 Å². The fourth-order valence-electron chi connectivity index (χ4n) is 2.99. The SMILES string of the molecule is O=C(Nc1ccccc1)N1CCC[C@@H](OCc2ccc(C(F)(F)F)cc2)C1. The van der Waals surface area contributed by atoms with Crippen LogP contribution in [0, 0.1) is 0 Å². The van der Waals surface area contributed by atoms with Gasteiger partial charge in [0.2, 0.25) is 0 Å². The molecule has 7 heteroatoms. The number of carbonyl (C=O) groups is 1. The number of carbonyl (C=O) groups excluding carboxylic acids is 1. The number of piperidine rings is 1. The average molecular weight is 378 g/mol. The summed E-state index contributed by atoms with van der Waals surface area (Å²) >= 11 is 0. The number of hydrogen-bond acceptors (Lipinski definition) is 2. The fraction of sp³-hybridized carbons (Fsp3) is 0.350. The van der Waals surface area contributed by atoms with Gasteiger partial charge >= 0.3 is 12.2 Å². The lowest BCUT2D eigenvalue weighted by atomic mass is 10.1. The van der Waals surface area contributed by atoms with Gasteiger partial charge < -0.3 is 15.0 Å². The highest BCUT2D eigenvalue weighted by Gasteiger charge is 2.30. The van der Waals surface area contributed by atoms with E-state index < -0.39 is 11.7 Å². The van der Waals surface area contributed by atoms with Gasteiger partial charge in [0.05, 0.1) is 18.3 Å². The van der Waals surface area contributed by atoms with Gasteiger partial charge in [-0.25, -0.2) is 4.79 Å². The molecule has 0 unspecified atom stereocenters. The van der Waals surface area contributed by atoms with Gasteiger partial charge in [-0.3, -0.25) is 0 Å². The number of amides is 2. The molecule has 0 bridgehead atoms. The second-order valence-electron chi connectivity index (χ2n) is 6.51. The Labute approximate surface area is 155 Å². The quantitative estimate of drug-likeness (QED) is 0.821. The maximum atomic E-state index is 12.6. The van der Waals surface area contributed by atoms with Gasteiger partial charge in [0.25, 0.3) is 0 Å². The lowest BCUT2D eigenvalue weighted by Crippen LogP contribution is -2.45. The monoisotopic (exact) mass is 378 g/mol. The Kier molecular flexibility index (Phi) is 6.01. The summed E-state index contributed by atoms with van der Waals surface area (Å²) in [5.41, 5.74) is 0.733. The molecule has 4 nitrogen and oxygen atoms in total. The van der Waals surface area contributed by atoms with E-state index in [-0.39, 0.29) is 18.7 Å². The summed E-state index contributed by atoms with van der Waals surface area (Å²) in [5, 5.41) is 2.85. The van der Waals surface area contributed by atoms with Crippen molar-refractivity contribution >= 4 is 11.7 Å². The normalized spacial score (nSPS) is 17.6. The molecule has 0 aromatic heterocycles. The molecule has 0 spiro atoms. The summed E-state index contributed by atoms with van der Waals surface area (Å²) in [6.07, 6.45) is -2.84. The molecule has 0 saturated carbocycles. The molecule has 2 aromatic rings. The Bertz CT molecular complexity index is 748. The Morgan fingerprint density at radius 3 is 2.48 bits per heavy atom. The van der Waals surface area contributed by atoms with E-state index >= 15 is 0 Å². The first-order chi connectivity index (χ1) is 12.9. The molecule has 27 heavy (non-hydrogen) atoms. The van der Waals surface area contributed by atoms with E-state index in [1.54, 1.807) is 4.90 Å². The van der Waals surface area contributed by atoms with Crippen LogP contribution in [0.3, 0.4) is 0 Å². The van der Waals surface area contributed by atoms with Crippen LogP contribution in [0.15, 0.2) is 54.6 Å². The minimum Gasteiger partial charge on any atom is -0.372 e. The van der Waals surface area contributed by atoms with Gasteiger partial charge in [0, 0.05) is 18.8 Å². The van der Waals surface area contributed by atoms with E-state index in [9.17, 15) is 18.0 Å². The highest BCUT2D eigenvalue weighted by Crippen LogP contribution is 2.29. The molecule has 2 amide bonds. The number of halogens is 3. The first-order valence-corrected chi connectivity index (χ1v) is 8.80. The third kappa shape index (κ3) is 5.47. The maximum Gasteiger partial charge on any atom is 0.416 e. The second kappa shape index (κ2) is 8.43. The minimum absolute atomic E-state index is 0.137. The molecule has 144 valence electrons. The van der Waals surface area contributed by atoms with Crippen LogP contribution < -0.4 is 5.32 Å². The number of benzene rings is 2. The molecule has 0 aliphatic carbocycles. The number of ether oxygens (including phenoxy) is 1. The van der Waals surface area contributed by atoms with Gasteiger partial charge in [-0.2, -0.15) is 13.2 Å². The highest BCUT2D eigenvalue weighted by molar-refractivity contribution is 5.89. The van der Waals surface area contributed by atoms with E-state index in [0.29, 0.717) is 18.7 Å². The lowest BCUT2D eigenvalue weighted by Gasteiger charge is -2.32. The molecule has 1 aliphatic rings. The van der Waals surface area contributed by atoms with Gasteiger partial charge in [0.15, 0.2) is 0 Å². The second-order valence-corrected chi connectivity index (χ2v) is 6.51. The summed E-state index contributed by atoms with van der Waals surface area (Å²) in [4.78, 5) is 14.1. The molecule has 1 fully saturated rings. The molecular formula is C20H21F3N2O2. The van der Waals surface area contributed by atoms with Crippen molar-refractivity contribution in [1.82, 2.24) is 4.90 Å². The molecule has 1 heterocycles. The van der Waals surface area contributed by atoms with E-state index in [2.05, 4.69) is 5.32 Å². The van der Waals surface area contributed by atoms with Crippen LogP contribution in [0.4, 0.5) is 23.7 Å². The molecule has 3 rings (SSSR count). The maximum absolute atomic E-state index is 12.6. The van der Waals surface area contributed by atoms with Crippen molar-refractivity contribution in [2.75, 3.05) is 18.4 Å². The molecule has 2 aromatic carbocycles. The van der Waals surface area contributed by atoms with E-state index in [1.165, 1.54) is 12.1 Å². The number of urea groups is 1. The van der Waals surface area contributed by atoms with Crippen molar-refractivity contribution < 1.29 is 22.7 Å². The topological polar surface area (TPSA) is 41.6 Å². The zero-order valence-electron chi connectivity index (χ0n) is 14.7. The standard InChI is InChI=1S/C20H21F3N2O2/c21-20(22,23)16-10-8-15(9-11-16)14-27-18-7-4-12-25(13-18)19(26)24-17-5-2-1-3-6-17/h1-3,5-6,8-11,18H,4,7,12-14H2,(H,24,26)/t18-/m1/s1. The fourth-order valence-corrected chi connectivity index (χ4v) is 2.99. The van der Waals surface area contributed by atoms with Crippen LogP contribution in [-0.4, -0.2) is 30.1 Å². The van der Waals surface area contributed by atoms with Crippen LogP contribution >= 0.6 is 0 Å². The van der Waals surface area contributed by atoms with Crippen LogP contribution in [0.1, 0.15) is 24.0 Å². The highest BCUT2D eigenvalue weighted by atomic mass is 19.4. The predicted octanol–water partition coefficient (Wildman–Crippen LogP) is 4.92. The van der Waals surface area contributed by atoms with E-state index in [4.69, 9.17) is 4.74 Å². The molecule has 1 atom stereocenters. The number of anilines is 1. The summed E-state index contributed by atoms with van der Waals surface area (Å²) in [7, 11) is 0. The third-order valence-corrected chi connectivity index (χ3v) is 4.46. The van der Waals surface area contributed by atoms with Crippen LogP contribution in [0.25, 0.3) is 0 Å². The summed E-state index contributed by atoms with van der Waals surface area (Å²) in [6, 6.07) is 14.0. The Balaban J connectivity index is 1.50. The zero-order chi connectivity index (χ0) is 19.3. The van der Waals surface area contributed by atoms with Gasteiger partial charge in [0.1, 0.15) is 0 Å². The molecule has 1 saturated heterocycles. The van der Waals surface area contributed by atoms with Crippen molar-refractivity contribution in [2.45, 2.75) is 31.7 Å². The first kappa shape index (κ1) is 19.2. The number of nitrogens with one attached hydrogen (secondary N) is 1. The Morgan fingerprint density at radius 2 is 1.81 bits per heavy atom. The van der Waals surface area contributed by atoms with Crippen molar-refractivity contribution in [3.8, 4) is 0 Å². The molecule has 1 N–H and O–H groups in total. The number of nitrogens with zero attached hydrogens (tertiary/aromatic N) is 1. The number of likely N-dealkylation sites (tertiary alicyclic amines) is 1. The lowest BCUT2D eigenvalue weighted by molar-refractivity contribution is -0.137. The first-order valence-electron chi connectivity index (χ1n) is 8.80. The minimum atomic E-state index is -4.34. The number of hydrogen-bond donors (Lipinski definition) is 1. The molecule has 0 radical (unpaired) electrons. The van der Waals surface area contributed by atoms with Gasteiger partial charge in [-0.05, 0) is 42.7 Å². The zero-order valence-corrected chi connectivity index (χ0v) is 14.7. The van der Waals surface area contributed by atoms with E-state index in [0.717, 1.165) is 30.7 Å². The van der Waals surface area contributed by atoms with Gasteiger partial charge in [-0.1, -0.05) is 30.3 Å². The van der Waals surface area contributed by atoms with Crippen molar-refractivity contribution in [3.05, 3.63) is 65.7 Å². The van der Waals surface area contributed by atoms with Crippen molar-refractivity contribution in [2.24, 2.45) is 0 Å². The molecule has 1 aliphatic heterocycles. The van der Waals surface area contributed by atoms with Crippen LogP contribution in [0.2, 0.25) is 0 Å². The van der Waals surface area contributed by atoms with Crippen molar-refractivity contribution in [3.63, 3.8) is 0 Å². The number of alkyl halides is 3. The predicted molar refractivity (Wildman–Crippen MR) is 96.3 cm³/mol. The Hall–Kier alpha value is -2.54. The van der Waals surface area contributed by atoms with Crippen molar-refractivity contribution in [1.29, 1.82) is 0 Å².